The van der Waals surface area contributed by atoms with Crippen LogP contribution in [0, 0.1) is 11.7 Å². The van der Waals surface area contributed by atoms with Crippen LogP contribution in [0.5, 0.6) is 11.5 Å². The van der Waals surface area contributed by atoms with Crippen molar-refractivity contribution in [3.05, 3.63) is 53.8 Å². The molecule has 4 rings (SSSR count). The van der Waals surface area contributed by atoms with Gasteiger partial charge in [-0.15, -0.1) is 0 Å². The number of hydrogen-bond donors (Lipinski definition) is 1. The molecule has 1 N–H and O–H groups in total. The second-order valence-electron chi connectivity index (χ2n) is 7.02. The number of benzene rings is 2. The van der Waals surface area contributed by atoms with Crippen LogP contribution in [-0.2, 0) is 9.59 Å². The molecule has 2 aliphatic rings. The molecular weight excluding hydrogens is 363 g/mol. The quantitative estimate of drug-likeness (QED) is 0.880. The second kappa shape index (κ2) is 7.50. The fraction of sp³-hybridized carbons (Fsp3) is 0.333. The first-order valence-electron chi connectivity index (χ1n) is 9.27. The summed E-state index contributed by atoms with van der Waals surface area (Å²) in [6.07, 6.45) is 0.149. The molecule has 6 nitrogen and oxygen atoms in total. The summed E-state index contributed by atoms with van der Waals surface area (Å²) in [6.45, 7) is 3.11. The van der Waals surface area contributed by atoms with Gasteiger partial charge in [-0.1, -0.05) is 12.1 Å². The highest BCUT2D eigenvalue weighted by Gasteiger charge is 2.36. The Kier molecular flexibility index (Phi) is 4.90. The van der Waals surface area contributed by atoms with E-state index < -0.39 is 5.92 Å². The minimum atomic E-state index is -0.441. The Morgan fingerprint density at radius 1 is 1.14 bits per heavy atom. The number of hydrogen-bond acceptors (Lipinski definition) is 4. The summed E-state index contributed by atoms with van der Waals surface area (Å²) in [5, 5.41) is 2.92. The van der Waals surface area contributed by atoms with Crippen molar-refractivity contribution in [1.82, 2.24) is 5.32 Å². The molecule has 0 unspecified atom stereocenters. The van der Waals surface area contributed by atoms with Crippen molar-refractivity contribution in [3.8, 4) is 11.5 Å². The summed E-state index contributed by atoms with van der Waals surface area (Å²) < 4.78 is 24.1. The Hall–Kier alpha value is -3.09. The van der Waals surface area contributed by atoms with Crippen LogP contribution < -0.4 is 19.7 Å². The normalized spacial score (nSPS) is 19.4. The second-order valence-corrected chi connectivity index (χ2v) is 7.02. The summed E-state index contributed by atoms with van der Waals surface area (Å²) in [6, 6.07) is 11.1. The summed E-state index contributed by atoms with van der Waals surface area (Å²) in [7, 11) is 0. The predicted molar refractivity (Wildman–Crippen MR) is 101 cm³/mol. The standard InChI is InChI=1S/C21H21FN2O4/c1-13(14-2-4-16(22)5-3-14)23-21(26)15-10-20(25)24(12-15)17-6-7-18-19(11-17)28-9-8-27-18/h2-7,11,13,15H,8-10,12H2,1H3,(H,23,26)/t13-,15-/m1/s1. The molecule has 2 aromatic rings. The van der Waals surface area contributed by atoms with Gasteiger partial charge in [0.25, 0.3) is 0 Å². The maximum absolute atomic E-state index is 13.1. The number of carbonyl (C=O) groups is 2. The van der Waals surface area contributed by atoms with Crippen molar-refractivity contribution in [2.24, 2.45) is 5.92 Å². The zero-order valence-corrected chi connectivity index (χ0v) is 15.5. The number of fused-ring (bicyclic) bond motifs is 1. The van der Waals surface area contributed by atoms with Gasteiger partial charge < -0.3 is 19.7 Å². The summed E-state index contributed by atoms with van der Waals surface area (Å²) in [5.41, 5.74) is 1.50. The molecule has 2 heterocycles. The molecule has 146 valence electrons. The Morgan fingerprint density at radius 2 is 1.86 bits per heavy atom. The third-order valence-electron chi connectivity index (χ3n) is 5.06. The smallest absolute Gasteiger partial charge is 0.227 e. The van der Waals surface area contributed by atoms with E-state index >= 15 is 0 Å². The molecule has 2 atom stereocenters. The zero-order chi connectivity index (χ0) is 19.7. The topological polar surface area (TPSA) is 67.9 Å². The van der Waals surface area contributed by atoms with E-state index in [9.17, 15) is 14.0 Å². The van der Waals surface area contributed by atoms with Crippen LogP contribution in [0.2, 0.25) is 0 Å². The monoisotopic (exact) mass is 384 g/mol. The molecule has 2 amide bonds. The first kappa shape index (κ1) is 18.3. The van der Waals surface area contributed by atoms with Gasteiger partial charge in [0.15, 0.2) is 11.5 Å². The first-order valence-corrected chi connectivity index (χ1v) is 9.27. The number of ether oxygens (including phenoxy) is 2. The molecule has 0 aromatic heterocycles. The van der Waals surface area contributed by atoms with E-state index in [-0.39, 0.29) is 30.1 Å². The Balaban J connectivity index is 1.42. The molecule has 1 saturated heterocycles. The lowest BCUT2D eigenvalue weighted by atomic mass is 10.0. The third kappa shape index (κ3) is 3.65. The molecule has 2 aromatic carbocycles. The molecule has 7 heteroatoms. The van der Waals surface area contributed by atoms with Gasteiger partial charge in [-0.05, 0) is 36.8 Å². The van der Waals surface area contributed by atoms with Crippen LogP contribution in [0.1, 0.15) is 24.9 Å². The molecule has 1 fully saturated rings. The Labute approximate surface area is 162 Å². The summed E-state index contributed by atoms with van der Waals surface area (Å²) >= 11 is 0. The van der Waals surface area contributed by atoms with Gasteiger partial charge in [0.05, 0.1) is 12.0 Å². The van der Waals surface area contributed by atoms with E-state index in [0.717, 1.165) is 5.56 Å². The van der Waals surface area contributed by atoms with E-state index in [1.165, 1.54) is 12.1 Å². The van der Waals surface area contributed by atoms with Crippen LogP contribution in [0.25, 0.3) is 0 Å². The molecule has 28 heavy (non-hydrogen) atoms. The SMILES string of the molecule is C[C@@H](NC(=O)[C@@H]1CC(=O)N(c2ccc3c(c2)OCCO3)C1)c1ccc(F)cc1. The van der Waals surface area contributed by atoms with Gasteiger partial charge in [-0.3, -0.25) is 9.59 Å². The largest absolute Gasteiger partial charge is 0.486 e. The number of rotatable bonds is 4. The maximum Gasteiger partial charge on any atom is 0.227 e. The van der Waals surface area contributed by atoms with Gasteiger partial charge in [0.2, 0.25) is 11.8 Å². The number of nitrogens with zero attached hydrogens (tertiary/aromatic N) is 1. The fourth-order valence-electron chi connectivity index (χ4n) is 3.50. The van der Waals surface area contributed by atoms with Gasteiger partial charge in [-0.25, -0.2) is 4.39 Å². The fourth-order valence-corrected chi connectivity index (χ4v) is 3.50. The van der Waals surface area contributed by atoms with Crippen molar-refractivity contribution in [2.75, 3.05) is 24.7 Å². The highest BCUT2D eigenvalue weighted by Crippen LogP contribution is 2.36. The lowest BCUT2D eigenvalue weighted by molar-refractivity contribution is -0.126. The maximum atomic E-state index is 13.1. The Morgan fingerprint density at radius 3 is 2.61 bits per heavy atom. The first-order chi connectivity index (χ1) is 13.5. The number of carbonyl (C=O) groups excluding carboxylic acids is 2. The van der Waals surface area contributed by atoms with Crippen LogP contribution in [0.4, 0.5) is 10.1 Å². The third-order valence-corrected chi connectivity index (χ3v) is 5.06. The van der Waals surface area contributed by atoms with Crippen molar-refractivity contribution >= 4 is 17.5 Å². The molecule has 0 radical (unpaired) electrons. The van der Waals surface area contributed by atoms with Crippen LogP contribution >= 0.6 is 0 Å². The van der Waals surface area contributed by atoms with Crippen LogP contribution in [0.15, 0.2) is 42.5 Å². The van der Waals surface area contributed by atoms with Crippen molar-refractivity contribution in [3.63, 3.8) is 0 Å². The minimum absolute atomic E-state index is 0.105. The number of halogens is 1. The number of amides is 2. The van der Waals surface area contributed by atoms with Gasteiger partial charge in [-0.2, -0.15) is 0 Å². The van der Waals surface area contributed by atoms with Gasteiger partial charge >= 0.3 is 0 Å². The lowest BCUT2D eigenvalue weighted by Crippen LogP contribution is -2.34. The van der Waals surface area contributed by atoms with Crippen molar-refractivity contribution in [2.45, 2.75) is 19.4 Å². The zero-order valence-electron chi connectivity index (χ0n) is 15.5. The van der Waals surface area contributed by atoms with Crippen LogP contribution in [-0.4, -0.2) is 31.6 Å². The number of anilines is 1. The lowest BCUT2D eigenvalue weighted by Gasteiger charge is -2.22. The predicted octanol–water partition coefficient (Wildman–Crippen LogP) is 2.83. The number of nitrogens with one attached hydrogen (secondary N) is 1. The van der Waals surface area contributed by atoms with Gasteiger partial charge in [0, 0.05) is 24.7 Å². The minimum Gasteiger partial charge on any atom is -0.486 e. The van der Waals surface area contributed by atoms with Gasteiger partial charge in [0.1, 0.15) is 19.0 Å². The van der Waals surface area contributed by atoms with E-state index in [1.807, 2.05) is 6.92 Å². The van der Waals surface area contributed by atoms with E-state index in [0.29, 0.717) is 36.9 Å². The molecule has 0 saturated carbocycles. The molecule has 0 spiro atoms. The van der Waals surface area contributed by atoms with Crippen LogP contribution in [0.3, 0.4) is 0 Å². The molecule has 2 aliphatic heterocycles. The average Bonchev–Trinajstić information content (AvgIpc) is 3.10. The van der Waals surface area contributed by atoms with E-state index in [2.05, 4.69) is 5.32 Å². The Bertz CT molecular complexity index is 900. The van der Waals surface area contributed by atoms with E-state index in [1.54, 1.807) is 35.2 Å². The molecule has 0 aliphatic carbocycles. The van der Waals surface area contributed by atoms with Crippen molar-refractivity contribution in [1.29, 1.82) is 0 Å². The van der Waals surface area contributed by atoms with E-state index in [4.69, 9.17) is 9.47 Å². The molecule has 0 bridgehead atoms. The highest BCUT2D eigenvalue weighted by molar-refractivity contribution is 6.00. The average molecular weight is 384 g/mol. The summed E-state index contributed by atoms with van der Waals surface area (Å²) in [5.74, 6) is 0.206. The highest BCUT2D eigenvalue weighted by atomic mass is 19.1. The molecular formula is C21H21FN2O4. The van der Waals surface area contributed by atoms with Crippen molar-refractivity contribution < 1.29 is 23.5 Å². The summed E-state index contributed by atoms with van der Waals surface area (Å²) in [4.78, 5) is 26.7.